The molecule has 0 aromatic carbocycles. The minimum absolute atomic E-state index is 0.00824. The first-order valence-corrected chi connectivity index (χ1v) is 10.1. The number of morpholine rings is 1. The Balaban J connectivity index is 1.53. The van der Waals surface area contributed by atoms with Crippen LogP contribution in [0, 0.1) is 0 Å². The molecule has 1 atom stereocenters. The van der Waals surface area contributed by atoms with Crippen LogP contribution in [-0.4, -0.2) is 87.3 Å². The van der Waals surface area contributed by atoms with Crippen LogP contribution in [0.15, 0.2) is 12.4 Å². The highest BCUT2D eigenvalue weighted by Gasteiger charge is 2.31. The lowest BCUT2D eigenvalue weighted by atomic mass is 10.2. The summed E-state index contributed by atoms with van der Waals surface area (Å²) in [5, 5.41) is 3.32. The molecule has 2 aliphatic heterocycles. The zero-order valence-electron chi connectivity index (χ0n) is 14.0. The Hall–Kier alpha value is -1.45. The number of sulfone groups is 1. The molecule has 1 unspecified atom stereocenters. The van der Waals surface area contributed by atoms with E-state index in [9.17, 15) is 8.42 Å². The van der Waals surface area contributed by atoms with Crippen LogP contribution in [0.2, 0.25) is 0 Å². The molecule has 1 N–H and O–H groups in total. The van der Waals surface area contributed by atoms with Crippen molar-refractivity contribution in [3.8, 4) is 0 Å². The van der Waals surface area contributed by atoms with Gasteiger partial charge in [-0.2, -0.15) is 0 Å². The molecule has 0 spiro atoms. The van der Waals surface area contributed by atoms with E-state index < -0.39 is 9.84 Å². The number of aromatic nitrogens is 2. The van der Waals surface area contributed by atoms with Gasteiger partial charge in [-0.3, -0.25) is 4.90 Å². The van der Waals surface area contributed by atoms with Gasteiger partial charge in [0.1, 0.15) is 18.0 Å². The average Bonchev–Trinajstić information content (AvgIpc) is 2.95. The first kappa shape index (κ1) is 17.4. The number of ether oxygens (including phenoxy) is 1. The Labute approximate surface area is 143 Å². The predicted molar refractivity (Wildman–Crippen MR) is 93.2 cm³/mol. The minimum Gasteiger partial charge on any atom is -0.379 e. The van der Waals surface area contributed by atoms with Crippen LogP contribution in [0.25, 0.3) is 0 Å². The molecule has 2 aliphatic rings. The van der Waals surface area contributed by atoms with Gasteiger partial charge in [-0.1, -0.05) is 0 Å². The van der Waals surface area contributed by atoms with Crippen LogP contribution in [0.5, 0.6) is 0 Å². The predicted octanol–water partition coefficient (Wildman–Crippen LogP) is -0.156. The van der Waals surface area contributed by atoms with E-state index in [-0.39, 0.29) is 17.5 Å². The molecule has 0 saturated carbocycles. The van der Waals surface area contributed by atoms with Crippen molar-refractivity contribution in [3.63, 3.8) is 0 Å². The van der Waals surface area contributed by atoms with Crippen molar-refractivity contribution < 1.29 is 13.2 Å². The van der Waals surface area contributed by atoms with Gasteiger partial charge in [-0.05, 0) is 6.42 Å². The highest BCUT2D eigenvalue weighted by molar-refractivity contribution is 7.91. The summed E-state index contributed by atoms with van der Waals surface area (Å²) in [7, 11) is -1.01. The molecule has 0 aliphatic carbocycles. The number of hydrogen-bond donors (Lipinski definition) is 1. The molecular formula is C15H25N5O3S. The summed E-state index contributed by atoms with van der Waals surface area (Å²) in [6, 6.07) is 1.87. The molecule has 1 aromatic heterocycles. The highest BCUT2D eigenvalue weighted by atomic mass is 32.2. The van der Waals surface area contributed by atoms with Gasteiger partial charge < -0.3 is 15.0 Å². The quantitative estimate of drug-likeness (QED) is 0.753. The van der Waals surface area contributed by atoms with Crippen LogP contribution >= 0.6 is 0 Å². The van der Waals surface area contributed by atoms with Gasteiger partial charge in [0.15, 0.2) is 9.84 Å². The van der Waals surface area contributed by atoms with E-state index in [0.717, 1.165) is 51.0 Å². The zero-order valence-corrected chi connectivity index (χ0v) is 14.8. The summed E-state index contributed by atoms with van der Waals surface area (Å²) in [4.78, 5) is 12.8. The van der Waals surface area contributed by atoms with Gasteiger partial charge in [-0.25, -0.2) is 18.4 Å². The van der Waals surface area contributed by atoms with E-state index in [2.05, 4.69) is 20.2 Å². The average molecular weight is 355 g/mol. The Kier molecular flexibility index (Phi) is 5.52. The van der Waals surface area contributed by atoms with Crippen molar-refractivity contribution >= 4 is 21.5 Å². The van der Waals surface area contributed by atoms with Crippen LogP contribution in [0.1, 0.15) is 6.42 Å². The third kappa shape index (κ3) is 4.55. The van der Waals surface area contributed by atoms with Gasteiger partial charge in [-0.15, -0.1) is 0 Å². The zero-order chi connectivity index (χ0) is 17.0. The Bertz CT molecular complexity index is 648. The third-order valence-electron chi connectivity index (χ3n) is 4.61. The van der Waals surface area contributed by atoms with Crippen molar-refractivity contribution in [2.24, 2.45) is 0 Å². The van der Waals surface area contributed by atoms with Crippen molar-refractivity contribution in [3.05, 3.63) is 12.4 Å². The molecule has 0 radical (unpaired) electrons. The topological polar surface area (TPSA) is 87.7 Å². The summed E-state index contributed by atoms with van der Waals surface area (Å²) < 4.78 is 28.6. The molecule has 9 heteroatoms. The number of anilines is 2. The summed E-state index contributed by atoms with van der Waals surface area (Å²) in [6.07, 6.45) is 2.18. The molecule has 3 rings (SSSR count). The molecule has 1 aromatic rings. The van der Waals surface area contributed by atoms with Gasteiger partial charge in [0, 0.05) is 45.3 Å². The first-order chi connectivity index (χ1) is 11.5. The molecule has 3 heterocycles. The molecule has 24 heavy (non-hydrogen) atoms. The number of nitrogens with zero attached hydrogens (tertiary/aromatic N) is 4. The SMILES string of the molecule is CN(c1cc(NCCN2CCOCC2)ncn1)C1CCS(=O)(=O)C1. The molecular weight excluding hydrogens is 330 g/mol. The Morgan fingerprint density at radius 3 is 2.88 bits per heavy atom. The van der Waals surface area contributed by atoms with Gasteiger partial charge >= 0.3 is 0 Å². The van der Waals surface area contributed by atoms with Crippen LogP contribution in [0.3, 0.4) is 0 Å². The lowest BCUT2D eigenvalue weighted by Gasteiger charge is -2.27. The van der Waals surface area contributed by atoms with E-state index in [1.165, 1.54) is 6.33 Å². The monoisotopic (exact) mass is 355 g/mol. The summed E-state index contributed by atoms with van der Waals surface area (Å²) in [6.45, 7) is 5.28. The highest BCUT2D eigenvalue weighted by Crippen LogP contribution is 2.22. The fraction of sp³-hybridized carbons (Fsp3) is 0.733. The van der Waals surface area contributed by atoms with E-state index in [0.29, 0.717) is 6.42 Å². The van der Waals surface area contributed by atoms with Crippen LogP contribution in [-0.2, 0) is 14.6 Å². The Morgan fingerprint density at radius 1 is 1.38 bits per heavy atom. The number of nitrogens with one attached hydrogen (secondary N) is 1. The maximum atomic E-state index is 11.7. The van der Waals surface area contributed by atoms with Gasteiger partial charge in [0.05, 0.1) is 24.7 Å². The molecule has 2 fully saturated rings. The van der Waals surface area contributed by atoms with E-state index in [1.807, 2.05) is 18.0 Å². The summed E-state index contributed by atoms with van der Waals surface area (Å²) >= 11 is 0. The van der Waals surface area contributed by atoms with Crippen molar-refractivity contribution in [2.45, 2.75) is 12.5 Å². The standard InChI is InChI=1S/C15H25N5O3S/c1-19(13-2-9-24(21,22)11-13)15-10-14(17-12-18-15)16-3-4-20-5-7-23-8-6-20/h10,12-13H,2-9,11H2,1H3,(H,16,17,18). The fourth-order valence-electron chi connectivity index (χ4n) is 3.07. The van der Waals surface area contributed by atoms with Crippen LogP contribution in [0.4, 0.5) is 11.6 Å². The summed E-state index contributed by atoms with van der Waals surface area (Å²) in [5.41, 5.74) is 0. The van der Waals surface area contributed by atoms with E-state index >= 15 is 0 Å². The maximum absolute atomic E-state index is 11.7. The fourth-order valence-corrected chi connectivity index (χ4v) is 4.85. The van der Waals surface area contributed by atoms with Gasteiger partial charge in [0.2, 0.25) is 0 Å². The lowest BCUT2D eigenvalue weighted by molar-refractivity contribution is 0.0398. The third-order valence-corrected chi connectivity index (χ3v) is 6.36. The molecule has 0 amide bonds. The van der Waals surface area contributed by atoms with E-state index in [4.69, 9.17) is 4.74 Å². The van der Waals surface area contributed by atoms with Gasteiger partial charge in [0.25, 0.3) is 0 Å². The molecule has 0 bridgehead atoms. The normalized spacial score (nSPS) is 24.0. The molecule has 8 nitrogen and oxygen atoms in total. The lowest BCUT2D eigenvalue weighted by Crippen LogP contribution is -2.39. The second kappa shape index (κ2) is 7.62. The van der Waals surface area contributed by atoms with Crippen LogP contribution < -0.4 is 10.2 Å². The molecule has 2 saturated heterocycles. The second-order valence-corrected chi connectivity index (χ2v) is 8.54. The number of rotatable bonds is 6. The maximum Gasteiger partial charge on any atom is 0.152 e. The van der Waals surface area contributed by atoms with E-state index in [1.54, 1.807) is 0 Å². The Morgan fingerprint density at radius 2 is 2.17 bits per heavy atom. The first-order valence-electron chi connectivity index (χ1n) is 8.33. The van der Waals surface area contributed by atoms with Crippen molar-refractivity contribution in [1.82, 2.24) is 14.9 Å². The van der Waals surface area contributed by atoms with Crippen molar-refractivity contribution in [1.29, 1.82) is 0 Å². The van der Waals surface area contributed by atoms with Crippen molar-refractivity contribution in [2.75, 3.05) is 68.2 Å². The smallest absolute Gasteiger partial charge is 0.152 e. The molecule has 134 valence electrons. The largest absolute Gasteiger partial charge is 0.379 e. The number of hydrogen-bond acceptors (Lipinski definition) is 8. The minimum atomic E-state index is -2.90. The summed E-state index contributed by atoms with van der Waals surface area (Å²) in [5.74, 6) is 1.98. The second-order valence-electron chi connectivity index (χ2n) is 6.31.